The second kappa shape index (κ2) is 7.41. The van der Waals surface area contributed by atoms with Gasteiger partial charge in [0, 0.05) is 11.6 Å². The van der Waals surface area contributed by atoms with E-state index in [-0.39, 0.29) is 30.3 Å². The molecule has 2 amide bonds. The molecular formula is C15H18FN3O2. The van der Waals surface area contributed by atoms with E-state index in [0.717, 1.165) is 0 Å². The number of halogens is 1. The van der Waals surface area contributed by atoms with Gasteiger partial charge in [0.1, 0.15) is 5.82 Å². The molecule has 0 aliphatic rings. The lowest BCUT2D eigenvalue weighted by molar-refractivity contribution is -0.119. The van der Waals surface area contributed by atoms with E-state index >= 15 is 0 Å². The first-order chi connectivity index (χ1) is 9.86. The van der Waals surface area contributed by atoms with Crippen LogP contribution in [0.25, 0.3) is 0 Å². The molecule has 0 heterocycles. The molecular weight excluding hydrogens is 273 g/mol. The summed E-state index contributed by atoms with van der Waals surface area (Å²) < 4.78 is 13.3. The van der Waals surface area contributed by atoms with Crippen LogP contribution in [-0.4, -0.2) is 35.8 Å². The number of nitrogens with zero attached hydrogens (tertiary/aromatic N) is 1. The molecule has 21 heavy (non-hydrogen) atoms. The fourth-order valence-corrected chi connectivity index (χ4v) is 1.76. The van der Waals surface area contributed by atoms with Gasteiger partial charge in [-0.3, -0.25) is 9.59 Å². The zero-order chi connectivity index (χ0) is 16.0. The van der Waals surface area contributed by atoms with Crippen LogP contribution in [0.15, 0.2) is 18.2 Å². The second-order valence-corrected chi connectivity index (χ2v) is 4.69. The smallest absolute Gasteiger partial charge is 0.255 e. The number of primary amides is 1. The Morgan fingerprint density at radius 3 is 2.57 bits per heavy atom. The summed E-state index contributed by atoms with van der Waals surface area (Å²) in [5.74, 6) is 3.70. The van der Waals surface area contributed by atoms with E-state index < -0.39 is 17.6 Å². The van der Waals surface area contributed by atoms with E-state index in [1.165, 1.54) is 23.1 Å². The van der Waals surface area contributed by atoms with Crippen LogP contribution in [0.4, 0.5) is 4.39 Å². The molecule has 0 radical (unpaired) electrons. The minimum absolute atomic E-state index is 0.0966. The van der Waals surface area contributed by atoms with Gasteiger partial charge in [-0.25, -0.2) is 4.39 Å². The van der Waals surface area contributed by atoms with Gasteiger partial charge < -0.3 is 16.4 Å². The summed E-state index contributed by atoms with van der Waals surface area (Å²) in [6.07, 6.45) is 0. The predicted octanol–water partition coefficient (Wildman–Crippen LogP) is 0.472. The van der Waals surface area contributed by atoms with Gasteiger partial charge in [-0.05, 0) is 32.0 Å². The highest BCUT2D eigenvalue weighted by molar-refractivity contribution is 5.98. The number of hydrogen-bond acceptors (Lipinski definition) is 3. The Morgan fingerprint density at radius 2 is 2.05 bits per heavy atom. The standard InChI is InChI=1S/C15H18FN3O2/c1-10(2)19(9-14(18)20)15(21)13-6-5-12(16)8-11(13)4-3-7-17/h5-6,8,10H,7,9,17H2,1-2H3,(H2,18,20). The Balaban J connectivity index is 3.24. The molecule has 0 unspecified atom stereocenters. The van der Waals surface area contributed by atoms with Gasteiger partial charge >= 0.3 is 0 Å². The molecule has 5 nitrogen and oxygen atoms in total. The van der Waals surface area contributed by atoms with Crippen LogP contribution in [0.1, 0.15) is 29.8 Å². The highest BCUT2D eigenvalue weighted by Crippen LogP contribution is 2.15. The fourth-order valence-electron chi connectivity index (χ4n) is 1.76. The Labute approximate surface area is 123 Å². The van der Waals surface area contributed by atoms with Gasteiger partial charge in [-0.15, -0.1) is 0 Å². The molecule has 0 saturated carbocycles. The van der Waals surface area contributed by atoms with Crippen LogP contribution < -0.4 is 11.5 Å². The molecule has 1 aromatic carbocycles. The maximum absolute atomic E-state index is 13.3. The lowest BCUT2D eigenvalue weighted by Crippen LogP contribution is -2.43. The molecule has 0 bridgehead atoms. The number of carbonyl (C=O) groups excluding carboxylic acids is 2. The summed E-state index contributed by atoms with van der Waals surface area (Å²) in [7, 11) is 0. The number of benzene rings is 1. The molecule has 0 atom stereocenters. The highest BCUT2D eigenvalue weighted by atomic mass is 19.1. The van der Waals surface area contributed by atoms with Crippen molar-refractivity contribution in [2.45, 2.75) is 19.9 Å². The zero-order valence-corrected chi connectivity index (χ0v) is 12.0. The number of amides is 2. The molecule has 0 spiro atoms. The summed E-state index contributed by atoms with van der Waals surface area (Å²) in [6, 6.07) is 3.45. The van der Waals surface area contributed by atoms with Crippen LogP contribution in [0.5, 0.6) is 0 Å². The fraction of sp³-hybridized carbons (Fsp3) is 0.333. The average molecular weight is 291 g/mol. The number of rotatable bonds is 4. The van der Waals surface area contributed by atoms with Crippen molar-refractivity contribution in [3.63, 3.8) is 0 Å². The highest BCUT2D eigenvalue weighted by Gasteiger charge is 2.22. The van der Waals surface area contributed by atoms with Gasteiger partial charge in [0.2, 0.25) is 5.91 Å². The Morgan fingerprint density at radius 1 is 1.38 bits per heavy atom. The maximum Gasteiger partial charge on any atom is 0.255 e. The SMILES string of the molecule is CC(C)N(CC(N)=O)C(=O)c1ccc(F)cc1C#CCN. The third kappa shape index (κ3) is 4.58. The normalized spacial score (nSPS) is 9.95. The van der Waals surface area contributed by atoms with E-state index in [1.54, 1.807) is 13.8 Å². The maximum atomic E-state index is 13.3. The first-order valence-corrected chi connectivity index (χ1v) is 6.44. The van der Waals surface area contributed by atoms with E-state index in [1.807, 2.05) is 0 Å². The minimum Gasteiger partial charge on any atom is -0.368 e. The zero-order valence-electron chi connectivity index (χ0n) is 12.0. The topological polar surface area (TPSA) is 89.4 Å². The first-order valence-electron chi connectivity index (χ1n) is 6.44. The van der Waals surface area contributed by atoms with Gasteiger partial charge in [0.15, 0.2) is 0 Å². The van der Waals surface area contributed by atoms with Crippen molar-refractivity contribution in [3.8, 4) is 11.8 Å². The van der Waals surface area contributed by atoms with Crippen molar-refractivity contribution < 1.29 is 14.0 Å². The molecule has 0 fully saturated rings. The van der Waals surface area contributed by atoms with Crippen LogP contribution >= 0.6 is 0 Å². The minimum atomic E-state index is -0.617. The monoisotopic (exact) mass is 291 g/mol. The van der Waals surface area contributed by atoms with Crippen molar-refractivity contribution in [3.05, 3.63) is 35.1 Å². The van der Waals surface area contributed by atoms with Gasteiger partial charge in [-0.2, -0.15) is 0 Å². The summed E-state index contributed by atoms with van der Waals surface area (Å²) in [6.45, 7) is 3.40. The summed E-state index contributed by atoms with van der Waals surface area (Å²) in [4.78, 5) is 24.9. The molecule has 6 heteroatoms. The van der Waals surface area contributed by atoms with Crippen molar-refractivity contribution in [1.82, 2.24) is 4.90 Å². The van der Waals surface area contributed by atoms with E-state index in [9.17, 15) is 14.0 Å². The summed E-state index contributed by atoms with van der Waals surface area (Å²) in [5, 5.41) is 0. The number of nitrogens with two attached hydrogens (primary N) is 2. The lowest BCUT2D eigenvalue weighted by Gasteiger charge is -2.25. The summed E-state index contributed by atoms with van der Waals surface area (Å²) >= 11 is 0. The molecule has 0 saturated heterocycles. The first kappa shape index (κ1) is 16.7. The second-order valence-electron chi connectivity index (χ2n) is 4.69. The lowest BCUT2D eigenvalue weighted by atomic mass is 10.1. The van der Waals surface area contributed by atoms with Gasteiger partial charge in [0.25, 0.3) is 5.91 Å². The van der Waals surface area contributed by atoms with Crippen molar-refractivity contribution in [2.75, 3.05) is 13.1 Å². The van der Waals surface area contributed by atoms with Gasteiger partial charge in [0.05, 0.1) is 18.7 Å². The number of hydrogen-bond donors (Lipinski definition) is 2. The van der Waals surface area contributed by atoms with E-state index in [4.69, 9.17) is 11.5 Å². The third-order valence-corrected chi connectivity index (χ3v) is 2.75. The summed E-state index contributed by atoms with van der Waals surface area (Å²) in [5.41, 5.74) is 10.9. The van der Waals surface area contributed by atoms with E-state index in [2.05, 4.69) is 11.8 Å². The van der Waals surface area contributed by atoms with E-state index in [0.29, 0.717) is 0 Å². The quantitative estimate of drug-likeness (QED) is 0.790. The molecule has 112 valence electrons. The molecule has 1 rings (SSSR count). The van der Waals surface area contributed by atoms with Gasteiger partial charge in [-0.1, -0.05) is 11.8 Å². The Bertz CT molecular complexity index is 603. The Hall–Kier alpha value is -2.39. The average Bonchev–Trinajstić information content (AvgIpc) is 2.41. The van der Waals surface area contributed by atoms with Crippen molar-refractivity contribution >= 4 is 11.8 Å². The Kier molecular flexibility index (Phi) is 5.88. The van der Waals surface area contributed by atoms with Crippen molar-refractivity contribution in [1.29, 1.82) is 0 Å². The molecule has 0 aliphatic carbocycles. The van der Waals surface area contributed by atoms with Crippen LogP contribution in [0.2, 0.25) is 0 Å². The third-order valence-electron chi connectivity index (χ3n) is 2.75. The molecule has 0 aromatic heterocycles. The molecule has 4 N–H and O–H groups in total. The van der Waals surface area contributed by atoms with Crippen molar-refractivity contribution in [2.24, 2.45) is 11.5 Å². The van der Waals surface area contributed by atoms with Crippen LogP contribution in [0, 0.1) is 17.7 Å². The largest absolute Gasteiger partial charge is 0.368 e. The predicted molar refractivity (Wildman–Crippen MR) is 77.7 cm³/mol. The van der Waals surface area contributed by atoms with Crippen LogP contribution in [0.3, 0.4) is 0 Å². The molecule has 1 aromatic rings. The number of carbonyl (C=O) groups is 2. The van der Waals surface area contributed by atoms with Crippen LogP contribution in [-0.2, 0) is 4.79 Å². The molecule has 0 aliphatic heterocycles.